The van der Waals surface area contributed by atoms with Gasteiger partial charge in [0.25, 0.3) is 5.91 Å². The molecule has 1 aromatic heterocycles. The van der Waals surface area contributed by atoms with Gasteiger partial charge in [-0.1, -0.05) is 44.2 Å². The average Bonchev–Trinajstić information content (AvgIpc) is 2.46. The Labute approximate surface area is 119 Å². The molecule has 104 valence electrons. The Bertz CT molecular complexity index is 576. The van der Waals surface area contributed by atoms with E-state index in [1.54, 1.807) is 6.20 Å². The van der Waals surface area contributed by atoms with Crippen LogP contribution in [0.5, 0.6) is 0 Å². The van der Waals surface area contributed by atoms with Crippen LogP contribution in [0.2, 0.25) is 0 Å². The average molecular weight is 269 g/mol. The standard InChI is InChI=1S/C16H19N3O/c1-12-9-18-14(10-17-12)15(20)19-11-16(2,3)13-7-5-4-6-8-13/h4-10H,11H2,1-3H3,(H,19,20). The number of nitrogens with one attached hydrogen (secondary N) is 1. The molecule has 1 amide bonds. The maximum atomic E-state index is 12.0. The van der Waals surface area contributed by atoms with Gasteiger partial charge in [0.15, 0.2) is 0 Å². The third-order valence-electron chi connectivity index (χ3n) is 3.26. The van der Waals surface area contributed by atoms with E-state index in [2.05, 4.69) is 41.3 Å². The van der Waals surface area contributed by atoms with E-state index >= 15 is 0 Å². The topological polar surface area (TPSA) is 54.9 Å². The van der Waals surface area contributed by atoms with E-state index < -0.39 is 0 Å². The van der Waals surface area contributed by atoms with Gasteiger partial charge in [0.05, 0.1) is 11.9 Å². The Hall–Kier alpha value is -2.23. The molecule has 1 N–H and O–H groups in total. The monoisotopic (exact) mass is 269 g/mol. The lowest BCUT2D eigenvalue weighted by molar-refractivity contribution is 0.0940. The van der Waals surface area contributed by atoms with Gasteiger partial charge in [0, 0.05) is 18.2 Å². The zero-order valence-corrected chi connectivity index (χ0v) is 12.1. The predicted octanol–water partition coefficient (Wildman–Crippen LogP) is 2.49. The van der Waals surface area contributed by atoms with Crippen LogP contribution in [0.3, 0.4) is 0 Å². The van der Waals surface area contributed by atoms with E-state index in [1.165, 1.54) is 11.8 Å². The first-order chi connectivity index (χ1) is 9.49. The maximum Gasteiger partial charge on any atom is 0.271 e. The highest BCUT2D eigenvalue weighted by Gasteiger charge is 2.21. The van der Waals surface area contributed by atoms with Crippen molar-refractivity contribution < 1.29 is 4.79 Å². The van der Waals surface area contributed by atoms with Crippen LogP contribution >= 0.6 is 0 Å². The van der Waals surface area contributed by atoms with Crippen molar-refractivity contribution in [2.45, 2.75) is 26.2 Å². The van der Waals surface area contributed by atoms with E-state index in [0.29, 0.717) is 12.2 Å². The molecule has 0 radical (unpaired) electrons. The molecule has 0 saturated carbocycles. The number of hydrogen-bond acceptors (Lipinski definition) is 3. The van der Waals surface area contributed by atoms with Crippen LogP contribution in [0.15, 0.2) is 42.7 Å². The van der Waals surface area contributed by atoms with Crippen LogP contribution in [-0.4, -0.2) is 22.4 Å². The highest BCUT2D eigenvalue weighted by atomic mass is 16.1. The molecule has 4 nitrogen and oxygen atoms in total. The summed E-state index contributed by atoms with van der Waals surface area (Å²) in [6.07, 6.45) is 3.09. The molecule has 0 saturated heterocycles. The van der Waals surface area contributed by atoms with Crippen LogP contribution < -0.4 is 5.32 Å². The summed E-state index contributed by atoms with van der Waals surface area (Å²) in [5.74, 6) is -0.193. The summed E-state index contributed by atoms with van der Waals surface area (Å²) in [5.41, 5.74) is 2.20. The number of carbonyl (C=O) groups is 1. The molecule has 0 fully saturated rings. The lowest BCUT2D eigenvalue weighted by Gasteiger charge is -2.25. The van der Waals surface area contributed by atoms with E-state index in [1.807, 2.05) is 25.1 Å². The molecule has 4 heteroatoms. The van der Waals surface area contributed by atoms with Crippen LogP contribution in [0.25, 0.3) is 0 Å². The van der Waals surface area contributed by atoms with Crippen LogP contribution in [0, 0.1) is 6.92 Å². The number of nitrogens with zero attached hydrogens (tertiary/aromatic N) is 2. The Balaban J connectivity index is 2.01. The summed E-state index contributed by atoms with van der Waals surface area (Å²) in [6, 6.07) is 10.1. The van der Waals surface area contributed by atoms with Gasteiger partial charge in [0.1, 0.15) is 5.69 Å². The molecule has 2 rings (SSSR count). The summed E-state index contributed by atoms with van der Waals surface area (Å²) in [4.78, 5) is 20.2. The fraction of sp³-hybridized carbons (Fsp3) is 0.312. The van der Waals surface area contributed by atoms with E-state index in [-0.39, 0.29) is 11.3 Å². The molecule has 0 atom stereocenters. The minimum Gasteiger partial charge on any atom is -0.350 e. The van der Waals surface area contributed by atoms with Gasteiger partial charge in [-0.05, 0) is 12.5 Å². The largest absolute Gasteiger partial charge is 0.350 e. The molecular formula is C16H19N3O. The Morgan fingerprint density at radius 2 is 1.85 bits per heavy atom. The zero-order chi connectivity index (χ0) is 14.6. The van der Waals surface area contributed by atoms with Crippen molar-refractivity contribution in [2.75, 3.05) is 6.54 Å². The summed E-state index contributed by atoms with van der Waals surface area (Å²) in [5, 5.41) is 2.92. The minimum absolute atomic E-state index is 0.130. The van der Waals surface area contributed by atoms with Crippen molar-refractivity contribution in [3.8, 4) is 0 Å². The second-order valence-electron chi connectivity index (χ2n) is 5.48. The second-order valence-corrected chi connectivity index (χ2v) is 5.48. The van der Waals surface area contributed by atoms with Gasteiger partial charge in [-0.25, -0.2) is 4.98 Å². The molecular weight excluding hydrogens is 250 g/mol. The quantitative estimate of drug-likeness (QED) is 0.927. The molecule has 0 bridgehead atoms. The van der Waals surface area contributed by atoms with Crippen molar-refractivity contribution in [2.24, 2.45) is 0 Å². The van der Waals surface area contributed by atoms with Crippen LogP contribution in [0.1, 0.15) is 35.6 Å². The molecule has 1 heterocycles. The minimum atomic E-state index is -0.193. The highest BCUT2D eigenvalue weighted by molar-refractivity contribution is 5.91. The van der Waals surface area contributed by atoms with E-state index in [4.69, 9.17) is 0 Å². The number of rotatable bonds is 4. The SMILES string of the molecule is Cc1cnc(C(=O)NCC(C)(C)c2ccccc2)cn1. The Morgan fingerprint density at radius 1 is 1.15 bits per heavy atom. The number of amides is 1. The number of hydrogen-bond donors (Lipinski definition) is 1. The first kappa shape index (κ1) is 14.2. The van der Waals surface area contributed by atoms with Crippen molar-refractivity contribution in [1.82, 2.24) is 15.3 Å². The van der Waals surface area contributed by atoms with Crippen molar-refractivity contribution >= 4 is 5.91 Å². The van der Waals surface area contributed by atoms with Crippen LogP contribution in [-0.2, 0) is 5.41 Å². The molecule has 0 aliphatic carbocycles. The highest BCUT2D eigenvalue weighted by Crippen LogP contribution is 2.21. The van der Waals surface area contributed by atoms with Gasteiger partial charge < -0.3 is 5.32 Å². The van der Waals surface area contributed by atoms with E-state index in [9.17, 15) is 4.79 Å². The maximum absolute atomic E-state index is 12.0. The number of aromatic nitrogens is 2. The number of carbonyl (C=O) groups excluding carboxylic acids is 1. The lowest BCUT2D eigenvalue weighted by atomic mass is 9.84. The van der Waals surface area contributed by atoms with Gasteiger partial charge >= 0.3 is 0 Å². The summed E-state index contributed by atoms with van der Waals surface area (Å²) >= 11 is 0. The fourth-order valence-electron chi connectivity index (χ4n) is 1.89. The van der Waals surface area contributed by atoms with Crippen LogP contribution in [0.4, 0.5) is 0 Å². The third-order valence-corrected chi connectivity index (χ3v) is 3.26. The number of benzene rings is 1. The molecule has 1 aromatic carbocycles. The van der Waals surface area contributed by atoms with Gasteiger partial charge in [0.2, 0.25) is 0 Å². The molecule has 0 spiro atoms. The van der Waals surface area contributed by atoms with Gasteiger partial charge in [-0.3, -0.25) is 9.78 Å². The molecule has 2 aromatic rings. The fourth-order valence-corrected chi connectivity index (χ4v) is 1.89. The molecule has 0 aliphatic heterocycles. The summed E-state index contributed by atoms with van der Waals surface area (Å²) in [6.45, 7) is 6.59. The molecule has 0 aliphatic rings. The Kier molecular flexibility index (Phi) is 4.13. The first-order valence-corrected chi connectivity index (χ1v) is 6.61. The molecule has 20 heavy (non-hydrogen) atoms. The summed E-state index contributed by atoms with van der Waals surface area (Å²) < 4.78 is 0. The van der Waals surface area contributed by atoms with Gasteiger partial charge in [-0.2, -0.15) is 0 Å². The van der Waals surface area contributed by atoms with Crippen molar-refractivity contribution in [3.05, 3.63) is 59.7 Å². The normalized spacial score (nSPS) is 11.2. The van der Waals surface area contributed by atoms with E-state index in [0.717, 1.165) is 5.69 Å². The van der Waals surface area contributed by atoms with Crippen molar-refractivity contribution in [3.63, 3.8) is 0 Å². The predicted molar refractivity (Wildman–Crippen MR) is 78.6 cm³/mol. The second kappa shape index (κ2) is 5.82. The smallest absolute Gasteiger partial charge is 0.271 e. The Morgan fingerprint density at radius 3 is 2.45 bits per heavy atom. The van der Waals surface area contributed by atoms with Crippen molar-refractivity contribution in [1.29, 1.82) is 0 Å². The summed E-state index contributed by atoms with van der Waals surface area (Å²) in [7, 11) is 0. The third kappa shape index (κ3) is 3.41. The van der Waals surface area contributed by atoms with Gasteiger partial charge in [-0.15, -0.1) is 0 Å². The number of aryl methyl sites for hydroxylation is 1. The zero-order valence-electron chi connectivity index (χ0n) is 12.1. The lowest BCUT2D eigenvalue weighted by Crippen LogP contribution is -2.37. The molecule has 0 unspecified atom stereocenters. The first-order valence-electron chi connectivity index (χ1n) is 6.61.